The van der Waals surface area contributed by atoms with E-state index in [2.05, 4.69) is 10.4 Å². The summed E-state index contributed by atoms with van der Waals surface area (Å²) in [6.45, 7) is 4.51. The van der Waals surface area contributed by atoms with Crippen molar-refractivity contribution < 1.29 is 9.59 Å². The molecule has 1 aromatic carbocycles. The fourth-order valence-electron chi connectivity index (χ4n) is 3.83. The van der Waals surface area contributed by atoms with Crippen molar-refractivity contribution >= 4 is 11.8 Å². The van der Waals surface area contributed by atoms with E-state index in [4.69, 9.17) is 0 Å². The zero-order valence-electron chi connectivity index (χ0n) is 15.8. The molecule has 142 valence electrons. The molecular formula is C21H26N4O2. The van der Waals surface area contributed by atoms with Crippen LogP contribution in [0.2, 0.25) is 0 Å². The first kappa shape index (κ1) is 17.8. The Bertz CT molecular complexity index is 854. The van der Waals surface area contributed by atoms with Crippen LogP contribution in [0.25, 0.3) is 0 Å². The summed E-state index contributed by atoms with van der Waals surface area (Å²) in [7, 11) is 0. The first-order valence-electron chi connectivity index (χ1n) is 9.86. The molecule has 4 rings (SSSR count). The Hall–Kier alpha value is -2.63. The summed E-state index contributed by atoms with van der Waals surface area (Å²) < 4.78 is 1.96. The fraction of sp³-hybridized carbons (Fsp3) is 0.476. The Morgan fingerprint density at radius 1 is 1.22 bits per heavy atom. The molecule has 1 fully saturated rings. The normalized spacial score (nSPS) is 16.6. The number of aromatic nitrogens is 2. The van der Waals surface area contributed by atoms with E-state index in [0.717, 1.165) is 54.9 Å². The van der Waals surface area contributed by atoms with Gasteiger partial charge in [-0.25, -0.2) is 0 Å². The van der Waals surface area contributed by atoms with Crippen LogP contribution in [0.1, 0.15) is 53.5 Å². The summed E-state index contributed by atoms with van der Waals surface area (Å²) >= 11 is 0. The molecule has 2 aliphatic rings. The Morgan fingerprint density at radius 3 is 2.78 bits per heavy atom. The standard InChI is InChI=1S/C21H26N4O2/c1-2-15-6-3-4-9-19(15)20(26)22-13-17-12-18-14-24(10-11-25(18)23-17)21(27)16-7-5-8-16/h3-4,6,9,12,16H,2,5,7-8,10-11,13-14H2,1H3,(H,22,26). The van der Waals surface area contributed by atoms with E-state index in [1.54, 1.807) is 0 Å². The van der Waals surface area contributed by atoms with Crippen LogP contribution >= 0.6 is 0 Å². The van der Waals surface area contributed by atoms with Crippen molar-refractivity contribution in [3.05, 3.63) is 52.8 Å². The predicted molar refractivity (Wildman–Crippen MR) is 102 cm³/mol. The summed E-state index contributed by atoms with van der Waals surface area (Å²) in [5.74, 6) is 0.455. The lowest BCUT2D eigenvalue weighted by molar-refractivity contribution is -0.139. The van der Waals surface area contributed by atoms with E-state index in [1.807, 2.05) is 46.8 Å². The maximum Gasteiger partial charge on any atom is 0.251 e. The molecule has 2 heterocycles. The zero-order valence-corrected chi connectivity index (χ0v) is 15.8. The number of benzene rings is 1. The topological polar surface area (TPSA) is 67.2 Å². The first-order valence-corrected chi connectivity index (χ1v) is 9.86. The quantitative estimate of drug-likeness (QED) is 0.884. The van der Waals surface area contributed by atoms with Crippen molar-refractivity contribution in [3.63, 3.8) is 0 Å². The number of carbonyl (C=O) groups excluding carboxylic acids is 2. The maximum absolute atomic E-state index is 12.5. The van der Waals surface area contributed by atoms with Gasteiger partial charge in [-0.1, -0.05) is 31.5 Å². The van der Waals surface area contributed by atoms with E-state index >= 15 is 0 Å². The number of nitrogens with one attached hydrogen (secondary N) is 1. The van der Waals surface area contributed by atoms with Crippen molar-refractivity contribution in [1.29, 1.82) is 0 Å². The van der Waals surface area contributed by atoms with Crippen LogP contribution in [0.3, 0.4) is 0 Å². The molecule has 6 heteroatoms. The average molecular weight is 366 g/mol. The highest BCUT2D eigenvalue weighted by Crippen LogP contribution is 2.29. The lowest BCUT2D eigenvalue weighted by atomic mass is 9.84. The van der Waals surface area contributed by atoms with E-state index < -0.39 is 0 Å². The molecule has 1 saturated carbocycles. The van der Waals surface area contributed by atoms with Crippen LogP contribution in [-0.2, 0) is 30.8 Å². The van der Waals surface area contributed by atoms with Gasteiger partial charge in [-0.15, -0.1) is 0 Å². The number of nitrogens with zero attached hydrogens (tertiary/aromatic N) is 3. The number of amides is 2. The molecule has 0 unspecified atom stereocenters. The van der Waals surface area contributed by atoms with Gasteiger partial charge in [0.2, 0.25) is 5.91 Å². The van der Waals surface area contributed by atoms with Crippen LogP contribution in [0.4, 0.5) is 0 Å². The van der Waals surface area contributed by atoms with Crippen molar-refractivity contribution in [2.45, 2.75) is 52.2 Å². The van der Waals surface area contributed by atoms with Gasteiger partial charge in [-0.3, -0.25) is 14.3 Å². The minimum atomic E-state index is -0.0693. The zero-order chi connectivity index (χ0) is 18.8. The molecule has 0 radical (unpaired) electrons. The molecular weight excluding hydrogens is 340 g/mol. The van der Waals surface area contributed by atoms with Gasteiger partial charge in [0.25, 0.3) is 5.91 Å². The summed E-state index contributed by atoms with van der Waals surface area (Å²) in [6.07, 6.45) is 4.07. The Morgan fingerprint density at radius 2 is 2.04 bits per heavy atom. The van der Waals surface area contributed by atoms with Gasteiger partial charge in [-0.2, -0.15) is 5.10 Å². The molecule has 6 nitrogen and oxygen atoms in total. The Labute approximate surface area is 159 Å². The number of carbonyl (C=O) groups is 2. The molecule has 2 amide bonds. The van der Waals surface area contributed by atoms with Gasteiger partial charge >= 0.3 is 0 Å². The summed E-state index contributed by atoms with van der Waals surface area (Å²) in [5.41, 5.74) is 3.66. The highest BCUT2D eigenvalue weighted by molar-refractivity contribution is 5.95. The SMILES string of the molecule is CCc1ccccc1C(=O)NCc1cc2n(n1)CCN(C(=O)C1CCC1)C2. The third kappa shape index (κ3) is 3.61. The fourth-order valence-corrected chi connectivity index (χ4v) is 3.83. The molecule has 0 atom stereocenters. The third-order valence-corrected chi connectivity index (χ3v) is 5.69. The van der Waals surface area contributed by atoms with Crippen LogP contribution in [0, 0.1) is 5.92 Å². The van der Waals surface area contributed by atoms with E-state index in [-0.39, 0.29) is 11.8 Å². The summed E-state index contributed by atoms with van der Waals surface area (Å²) in [4.78, 5) is 26.9. The minimum absolute atomic E-state index is 0.0693. The van der Waals surface area contributed by atoms with Gasteiger partial charge in [0.1, 0.15) is 0 Å². The van der Waals surface area contributed by atoms with Gasteiger partial charge < -0.3 is 10.2 Å². The molecule has 0 bridgehead atoms. The van der Waals surface area contributed by atoms with Gasteiger partial charge in [-0.05, 0) is 37.0 Å². The summed E-state index contributed by atoms with van der Waals surface area (Å²) in [6, 6.07) is 9.69. The van der Waals surface area contributed by atoms with Crippen LogP contribution in [0.15, 0.2) is 30.3 Å². The third-order valence-electron chi connectivity index (χ3n) is 5.69. The van der Waals surface area contributed by atoms with Crippen LogP contribution < -0.4 is 5.32 Å². The van der Waals surface area contributed by atoms with Crippen LogP contribution in [-0.4, -0.2) is 33.0 Å². The number of hydrogen-bond donors (Lipinski definition) is 1. The van der Waals surface area contributed by atoms with Crippen LogP contribution in [0.5, 0.6) is 0 Å². The predicted octanol–water partition coefficient (Wildman–Crippen LogP) is 2.52. The Balaban J connectivity index is 1.38. The molecule has 0 spiro atoms. The van der Waals surface area contributed by atoms with Gasteiger partial charge in [0.15, 0.2) is 0 Å². The van der Waals surface area contributed by atoms with E-state index in [0.29, 0.717) is 19.0 Å². The smallest absolute Gasteiger partial charge is 0.251 e. The Kier molecular flexibility index (Phi) is 4.97. The first-order chi connectivity index (χ1) is 13.2. The van der Waals surface area contributed by atoms with Crippen molar-refractivity contribution in [2.75, 3.05) is 6.54 Å². The van der Waals surface area contributed by atoms with E-state index in [9.17, 15) is 9.59 Å². The average Bonchev–Trinajstić information content (AvgIpc) is 3.06. The largest absolute Gasteiger partial charge is 0.346 e. The summed E-state index contributed by atoms with van der Waals surface area (Å²) in [5, 5.41) is 7.57. The molecule has 1 aliphatic carbocycles. The van der Waals surface area contributed by atoms with Crippen molar-refractivity contribution in [3.8, 4) is 0 Å². The molecule has 0 saturated heterocycles. The number of rotatable bonds is 5. The number of aryl methyl sites for hydroxylation is 1. The highest BCUT2D eigenvalue weighted by atomic mass is 16.2. The lowest BCUT2D eigenvalue weighted by Gasteiger charge is -2.34. The second-order valence-electron chi connectivity index (χ2n) is 7.43. The number of fused-ring (bicyclic) bond motifs is 1. The van der Waals surface area contributed by atoms with Gasteiger partial charge in [0.05, 0.1) is 31.0 Å². The minimum Gasteiger partial charge on any atom is -0.346 e. The number of hydrogen-bond acceptors (Lipinski definition) is 3. The molecule has 27 heavy (non-hydrogen) atoms. The lowest BCUT2D eigenvalue weighted by Crippen LogP contribution is -2.43. The maximum atomic E-state index is 12.5. The molecule has 1 aliphatic heterocycles. The highest BCUT2D eigenvalue weighted by Gasteiger charge is 2.31. The second kappa shape index (κ2) is 7.55. The molecule has 1 N–H and O–H groups in total. The second-order valence-corrected chi connectivity index (χ2v) is 7.43. The van der Waals surface area contributed by atoms with Gasteiger partial charge in [0, 0.05) is 18.0 Å². The van der Waals surface area contributed by atoms with Crippen molar-refractivity contribution in [1.82, 2.24) is 20.0 Å². The molecule has 1 aromatic heterocycles. The van der Waals surface area contributed by atoms with Crippen molar-refractivity contribution in [2.24, 2.45) is 5.92 Å². The molecule has 2 aromatic rings. The van der Waals surface area contributed by atoms with E-state index in [1.165, 1.54) is 6.42 Å². The monoisotopic (exact) mass is 366 g/mol.